The molecule has 0 aliphatic rings. The Morgan fingerprint density at radius 2 is 2.00 bits per heavy atom. The fraction of sp³-hybridized carbons (Fsp3) is 0.263. The molecule has 0 amide bonds. The van der Waals surface area contributed by atoms with Gasteiger partial charge in [-0.15, -0.1) is 0 Å². The monoisotopic (exact) mass is 386 g/mol. The third-order valence-electron chi connectivity index (χ3n) is 3.81. The number of pyridine rings is 1. The van der Waals surface area contributed by atoms with Crippen LogP contribution >= 0.6 is 0 Å². The van der Waals surface area contributed by atoms with E-state index in [1.54, 1.807) is 6.07 Å². The molecule has 0 aliphatic heterocycles. The summed E-state index contributed by atoms with van der Waals surface area (Å²) in [6, 6.07) is 8.44. The fourth-order valence-electron chi connectivity index (χ4n) is 2.59. The Kier molecular flexibility index (Phi) is 7.58. The van der Waals surface area contributed by atoms with Crippen molar-refractivity contribution >= 4 is 29.0 Å². The van der Waals surface area contributed by atoms with Gasteiger partial charge in [-0.1, -0.05) is 0 Å². The van der Waals surface area contributed by atoms with Crippen molar-refractivity contribution in [3.63, 3.8) is 0 Å². The van der Waals surface area contributed by atoms with Crippen LogP contribution in [0, 0.1) is 5.82 Å². The summed E-state index contributed by atoms with van der Waals surface area (Å²) in [5, 5.41) is 10.1. The third-order valence-corrected chi connectivity index (χ3v) is 3.81. The third kappa shape index (κ3) is 5.85. The molecular weight excluding hydrogens is 363 g/mol. The molecule has 0 aliphatic carbocycles. The Labute approximate surface area is 162 Å². The molecule has 2 heterocycles. The Hall–Kier alpha value is -3.33. The first-order valence-electron chi connectivity index (χ1n) is 8.59. The van der Waals surface area contributed by atoms with E-state index in [0.29, 0.717) is 28.1 Å². The molecule has 4 N–H and O–H groups in total. The number of anilines is 2. The molecule has 0 bridgehead atoms. The summed E-state index contributed by atoms with van der Waals surface area (Å²) in [6.45, 7) is 1.49. The van der Waals surface area contributed by atoms with E-state index < -0.39 is 0 Å². The average molecular weight is 386 g/mol. The van der Waals surface area contributed by atoms with Crippen molar-refractivity contribution in [3.05, 3.63) is 42.5 Å². The zero-order chi connectivity index (χ0) is 20.5. The largest absolute Gasteiger partial charge is 0.483 e. The first kappa shape index (κ1) is 21.0. The quantitative estimate of drug-likeness (QED) is 0.437. The second-order valence-electron chi connectivity index (χ2n) is 6.24. The number of carbonyl (C=O) groups is 1. The Bertz CT molecular complexity index is 935. The molecule has 3 rings (SSSR count). The second kappa shape index (κ2) is 10.1. The predicted octanol–water partition coefficient (Wildman–Crippen LogP) is 2.48. The van der Waals surface area contributed by atoms with Crippen LogP contribution in [0.25, 0.3) is 22.3 Å². The minimum Gasteiger partial charge on any atom is -0.483 e. The van der Waals surface area contributed by atoms with Crippen LogP contribution in [-0.2, 0) is 4.79 Å². The second-order valence-corrected chi connectivity index (χ2v) is 6.24. The number of nitrogens with two attached hydrogens (primary N) is 1. The van der Waals surface area contributed by atoms with Crippen molar-refractivity contribution in [2.45, 2.75) is 6.42 Å². The van der Waals surface area contributed by atoms with Gasteiger partial charge in [-0.2, -0.15) is 0 Å². The number of nitrogens with one attached hydrogen (secondary N) is 1. The van der Waals surface area contributed by atoms with E-state index >= 15 is 0 Å². The van der Waals surface area contributed by atoms with E-state index in [2.05, 4.69) is 25.2 Å². The number of carboxylic acid groups (broad SMARTS) is 1. The SMILES string of the molecule is CN(C)CCCNc1cc(F)cc(-c2ccc3ncnc(N)c3n2)c1.O=CO. The lowest BCUT2D eigenvalue weighted by atomic mass is 10.1. The Balaban J connectivity index is 0.000000878. The number of hydrogen-bond donors (Lipinski definition) is 3. The van der Waals surface area contributed by atoms with Crippen LogP contribution in [0.15, 0.2) is 36.7 Å². The molecule has 148 valence electrons. The number of nitrogens with zero attached hydrogens (tertiary/aromatic N) is 4. The molecule has 0 unspecified atom stereocenters. The van der Waals surface area contributed by atoms with Crippen LogP contribution in [0.5, 0.6) is 0 Å². The van der Waals surface area contributed by atoms with E-state index in [1.165, 1.54) is 18.5 Å². The zero-order valence-corrected chi connectivity index (χ0v) is 15.8. The topological polar surface area (TPSA) is 117 Å². The Morgan fingerprint density at radius 3 is 2.71 bits per heavy atom. The molecule has 0 atom stereocenters. The van der Waals surface area contributed by atoms with Crippen LogP contribution < -0.4 is 11.1 Å². The predicted molar refractivity (Wildman–Crippen MR) is 107 cm³/mol. The highest BCUT2D eigenvalue weighted by molar-refractivity contribution is 5.86. The van der Waals surface area contributed by atoms with Crippen LogP contribution in [0.3, 0.4) is 0 Å². The van der Waals surface area contributed by atoms with Gasteiger partial charge in [0.2, 0.25) is 0 Å². The molecule has 9 heteroatoms. The fourth-order valence-corrected chi connectivity index (χ4v) is 2.59. The number of rotatable bonds is 6. The molecule has 0 fully saturated rings. The van der Waals surface area contributed by atoms with Gasteiger partial charge in [0.25, 0.3) is 6.47 Å². The molecule has 3 aromatic rings. The number of fused-ring (bicyclic) bond motifs is 1. The van der Waals surface area contributed by atoms with Gasteiger partial charge >= 0.3 is 0 Å². The van der Waals surface area contributed by atoms with Gasteiger partial charge in [0.05, 0.1) is 11.2 Å². The van der Waals surface area contributed by atoms with Crippen LogP contribution in [0.4, 0.5) is 15.9 Å². The van der Waals surface area contributed by atoms with Gasteiger partial charge in [-0.05, 0) is 57.4 Å². The van der Waals surface area contributed by atoms with Gasteiger partial charge < -0.3 is 21.1 Å². The van der Waals surface area contributed by atoms with Crippen LogP contribution in [0.2, 0.25) is 0 Å². The van der Waals surface area contributed by atoms with Crippen molar-refractivity contribution in [3.8, 4) is 11.3 Å². The summed E-state index contributed by atoms with van der Waals surface area (Å²) in [5.74, 6) is -0.00271. The molecular formula is C19H23FN6O2. The van der Waals surface area contributed by atoms with Crippen molar-refractivity contribution in [1.82, 2.24) is 19.9 Å². The number of nitrogen functional groups attached to an aromatic ring is 1. The van der Waals surface area contributed by atoms with Gasteiger partial charge in [0, 0.05) is 17.8 Å². The summed E-state index contributed by atoms with van der Waals surface area (Å²) in [7, 11) is 4.06. The lowest BCUT2D eigenvalue weighted by molar-refractivity contribution is -0.122. The summed E-state index contributed by atoms with van der Waals surface area (Å²) < 4.78 is 14.0. The minimum atomic E-state index is -0.313. The lowest BCUT2D eigenvalue weighted by Gasteiger charge is -2.12. The zero-order valence-electron chi connectivity index (χ0n) is 15.8. The summed E-state index contributed by atoms with van der Waals surface area (Å²) in [5.41, 5.74) is 9.08. The summed E-state index contributed by atoms with van der Waals surface area (Å²) in [6.07, 6.45) is 2.37. The molecule has 1 aromatic carbocycles. The number of halogens is 1. The normalized spacial score (nSPS) is 10.4. The average Bonchev–Trinajstić information content (AvgIpc) is 2.65. The number of benzene rings is 1. The molecule has 28 heavy (non-hydrogen) atoms. The van der Waals surface area contributed by atoms with E-state index in [9.17, 15) is 4.39 Å². The molecule has 0 radical (unpaired) electrons. The number of aromatic nitrogens is 3. The lowest BCUT2D eigenvalue weighted by Crippen LogP contribution is -2.16. The highest BCUT2D eigenvalue weighted by atomic mass is 19.1. The molecule has 2 aromatic heterocycles. The maximum Gasteiger partial charge on any atom is 0.290 e. The maximum atomic E-state index is 14.0. The van der Waals surface area contributed by atoms with E-state index in [-0.39, 0.29) is 12.3 Å². The van der Waals surface area contributed by atoms with Crippen molar-refractivity contribution in [2.75, 3.05) is 38.2 Å². The highest BCUT2D eigenvalue weighted by Crippen LogP contribution is 2.25. The van der Waals surface area contributed by atoms with Crippen LogP contribution in [-0.4, -0.2) is 58.6 Å². The van der Waals surface area contributed by atoms with Gasteiger partial charge in [-0.3, -0.25) is 4.79 Å². The van der Waals surface area contributed by atoms with Crippen molar-refractivity contribution in [1.29, 1.82) is 0 Å². The van der Waals surface area contributed by atoms with E-state index in [1.807, 2.05) is 26.2 Å². The Morgan fingerprint density at radius 1 is 1.25 bits per heavy atom. The van der Waals surface area contributed by atoms with Gasteiger partial charge in [-0.25, -0.2) is 19.3 Å². The van der Waals surface area contributed by atoms with Crippen LogP contribution in [0.1, 0.15) is 6.42 Å². The van der Waals surface area contributed by atoms with Crippen molar-refractivity contribution < 1.29 is 14.3 Å². The standard InChI is InChI=1S/C18H21FN6.CH2O2/c1-25(2)7-3-6-21-14-9-12(8-13(19)10-14)15-4-5-16-17(24-15)18(20)23-11-22-16;2-1-3/h4-5,8-11,21H,3,6-7H2,1-2H3,(H2,20,22,23);1H,(H,2,3). The molecule has 0 spiro atoms. The maximum absolute atomic E-state index is 14.0. The van der Waals surface area contributed by atoms with Gasteiger partial charge in [0.1, 0.15) is 17.7 Å². The van der Waals surface area contributed by atoms with E-state index in [4.69, 9.17) is 15.6 Å². The smallest absolute Gasteiger partial charge is 0.290 e. The minimum absolute atomic E-state index is 0.250. The highest BCUT2D eigenvalue weighted by Gasteiger charge is 2.08. The summed E-state index contributed by atoms with van der Waals surface area (Å²) in [4.78, 5) is 23.1. The molecule has 0 saturated heterocycles. The summed E-state index contributed by atoms with van der Waals surface area (Å²) >= 11 is 0. The molecule has 8 nitrogen and oxygen atoms in total. The van der Waals surface area contributed by atoms with Crippen molar-refractivity contribution in [2.24, 2.45) is 0 Å². The first-order chi connectivity index (χ1) is 13.4. The van der Waals surface area contributed by atoms with Gasteiger partial charge in [0.15, 0.2) is 5.82 Å². The number of hydrogen-bond acceptors (Lipinski definition) is 7. The molecule has 0 saturated carbocycles. The van der Waals surface area contributed by atoms with E-state index in [0.717, 1.165) is 25.2 Å². The first-order valence-corrected chi connectivity index (χ1v) is 8.59.